The first-order chi connectivity index (χ1) is 6.52. The molecule has 1 amide bonds. The Morgan fingerprint density at radius 3 is 2.57 bits per heavy atom. The van der Waals surface area contributed by atoms with Gasteiger partial charge in [0.05, 0.1) is 0 Å². The average molecular weight is 195 g/mol. The van der Waals surface area contributed by atoms with Crippen molar-refractivity contribution in [1.29, 1.82) is 0 Å². The molecular weight excluding hydrogens is 174 g/mol. The molecule has 1 atom stereocenters. The second-order valence-electron chi connectivity index (χ2n) is 5.67. The molecule has 80 valence electrons. The number of rotatable bonds is 2. The zero-order chi connectivity index (χ0) is 10.3. The van der Waals surface area contributed by atoms with Gasteiger partial charge < -0.3 is 4.90 Å². The van der Waals surface area contributed by atoms with Gasteiger partial charge in [0, 0.05) is 19.0 Å². The van der Waals surface area contributed by atoms with Gasteiger partial charge in [-0.1, -0.05) is 13.8 Å². The molecule has 0 bridgehead atoms. The van der Waals surface area contributed by atoms with Crippen LogP contribution < -0.4 is 0 Å². The first kappa shape index (κ1) is 10.0. The molecule has 1 aliphatic heterocycles. The lowest BCUT2D eigenvalue weighted by Gasteiger charge is -2.22. The van der Waals surface area contributed by atoms with Crippen molar-refractivity contribution < 1.29 is 4.79 Å². The Kier molecular flexibility index (Phi) is 2.32. The van der Waals surface area contributed by atoms with E-state index in [4.69, 9.17) is 0 Å². The summed E-state index contributed by atoms with van der Waals surface area (Å²) in [5, 5.41) is 0. The highest BCUT2D eigenvalue weighted by Crippen LogP contribution is 2.54. The van der Waals surface area contributed by atoms with Crippen LogP contribution in [0.5, 0.6) is 0 Å². The summed E-state index contributed by atoms with van der Waals surface area (Å²) in [4.78, 5) is 14.0. The number of carbonyl (C=O) groups is 1. The van der Waals surface area contributed by atoms with E-state index in [9.17, 15) is 4.79 Å². The Bertz CT molecular complexity index is 243. The molecule has 0 N–H and O–H groups in total. The van der Waals surface area contributed by atoms with Crippen LogP contribution in [-0.4, -0.2) is 23.4 Å². The summed E-state index contributed by atoms with van der Waals surface area (Å²) >= 11 is 0. The molecule has 0 aromatic heterocycles. The summed E-state index contributed by atoms with van der Waals surface area (Å²) in [6.07, 6.45) is 4.67. The van der Waals surface area contributed by atoms with Crippen LogP contribution in [0.15, 0.2) is 0 Å². The van der Waals surface area contributed by atoms with Gasteiger partial charge in [0.2, 0.25) is 5.91 Å². The molecule has 1 spiro atoms. The first-order valence-corrected chi connectivity index (χ1v) is 5.82. The maximum absolute atomic E-state index is 11.9. The topological polar surface area (TPSA) is 20.3 Å². The van der Waals surface area contributed by atoms with E-state index in [1.807, 2.05) is 0 Å². The minimum absolute atomic E-state index is 0.372. The molecule has 1 saturated carbocycles. The van der Waals surface area contributed by atoms with Gasteiger partial charge in [0.15, 0.2) is 0 Å². The fraction of sp³-hybridized carbons (Fsp3) is 0.917. The van der Waals surface area contributed by atoms with Crippen LogP contribution in [0.2, 0.25) is 0 Å². The highest BCUT2D eigenvalue weighted by molar-refractivity contribution is 5.77. The second-order valence-corrected chi connectivity index (χ2v) is 5.67. The third-order valence-electron chi connectivity index (χ3n) is 3.63. The number of likely N-dealkylation sites (tertiary alicyclic amines) is 1. The fourth-order valence-corrected chi connectivity index (χ4v) is 2.66. The lowest BCUT2D eigenvalue weighted by molar-refractivity contribution is -0.132. The van der Waals surface area contributed by atoms with Crippen molar-refractivity contribution in [3.05, 3.63) is 0 Å². The molecule has 2 aliphatic rings. The van der Waals surface area contributed by atoms with Gasteiger partial charge >= 0.3 is 0 Å². The predicted molar refractivity (Wildman–Crippen MR) is 56.9 cm³/mol. The van der Waals surface area contributed by atoms with Gasteiger partial charge in [0.1, 0.15) is 0 Å². The monoisotopic (exact) mass is 195 g/mol. The standard InChI is InChI=1S/C12H21NO/c1-9(2)6-11(14)13-8-12(4-5-12)7-10(13)3/h9-10H,4-8H2,1-3H3. The Morgan fingerprint density at radius 2 is 2.14 bits per heavy atom. The summed E-state index contributed by atoms with van der Waals surface area (Å²) in [5.74, 6) is 0.863. The minimum atomic E-state index is 0.372. The van der Waals surface area contributed by atoms with Crippen LogP contribution in [0.3, 0.4) is 0 Å². The molecule has 2 rings (SSSR count). The molecule has 14 heavy (non-hydrogen) atoms. The van der Waals surface area contributed by atoms with Crippen LogP contribution >= 0.6 is 0 Å². The van der Waals surface area contributed by atoms with Gasteiger partial charge in [0.25, 0.3) is 0 Å². The van der Waals surface area contributed by atoms with E-state index in [-0.39, 0.29) is 0 Å². The van der Waals surface area contributed by atoms with Gasteiger partial charge in [-0.3, -0.25) is 4.79 Å². The van der Waals surface area contributed by atoms with Gasteiger partial charge in [-0.25, -0.2) is 0 Å². The van der Waals surface area contributed by atoms with E-state index in [2.05, 4.69) is 25.7 Å². The number of hydrogen-bond acceptors (Lipinski definition) is 1. The minimum Gasteiger partial charge on any atom is -0.339 e. The summed E-state index contributed by atoms with van der Waals surface area (Å²) in [6.45, 7) is 7.47. The van der Waals surface area contributed by atoms with Gasteiger partial charge in [-0.15, -0.1) is 0 Å². The first-order valence-electron chi connectivity index (χ1n) is 5.82. The zero-order valence-electron chi connectivity index (χ0n) is 9.55. The van der Waals surface area contributed by atoms with E-state index in [1.54, 1.807) is 0 Å². The zero-order valence-corrected chi connectivity index (χ0v) is 9.55. The largest absolute Gasteiger partial charge is 0.339 e. The predicted octanol–water partition coefficient (Wildman–Crippen LogP) is 2.43. The fourth-order valence-electron chi connectivity index (χ4n) is 2.66. The Labute approximate surface area is 86.7 Å². The third kappa shape index (κ3) is 1.79. The Hall–Kier alpha value is -0.530. The van der Waals surface area contributed by atoms with Crippen LogP contribution in [0.1, 0.15) is 46.5 Å². The van der Waals surface area contributed by atoms with E-state index < -0.39 is 0 Å². The SMILES string of the molecule is CC(C)CC(=O)N1CC2(CC2)CC1C. The van der Waals surface area contributed by atoms with Crippen LogP contribution in [-0.2, 0) is 4.79 Å². The molecule has 1 heterocycles. The lowest BCUT2D eigenvalue weighted by atomic mass is 10.0. The number of nitrogens with zero attached hydrogens (tertiary/aromatic N) is 1. The molecule has 1 aliphatic carbocycles. The molecule has 0 aromatic carbocycles. The van der Waals surface area contributed by atoms with E-state index in [0.29, 0.717) is 23.3 Å². The Morgan fingerprint density at radius 1 is 1.50 bits per heavy atom. The molecule has 0 radical (unpaired) electrons. The average Bonchev–Trinajstić information content (AvgIpc) is 2.69. The van der Waals surface area contributed by atoms with Crippen LogP contribution in [0.4, 0.5) is 0 Å². The van der Waals surface area contributed by atoms with Crippen molar-refractivity contribution in [2.45, 2.75) is 52.5 Å². The molecular formula is C12H21NO. The van der Waals surface area contributed by atoms with E-state index in [0.717, 1.165) is 13.0 Å². The Balaban J connectivity index is 1.94. The molecule has 2 nitrogen and oxygen atoms in total. The number of amides is 1. The summed E-state index contributed by atoms with van der Waals surface area (Å²) in [5.41, 5.74) is 0.562. The van der Waals surface area contributed by atoms with Crippen molar-refractivity contribution in [1.82, 2.24) is 4.90 Å². The smallest absolute Gasteiger partial charge is 0.223 e. The van der Waals surface area contributed by atoms with Crippen LogP contribution in [0, 0.1) is 11.3 Å². The van der Waals surface area contributed by atoms with Crippen molar-refractivity contribution in [2.75, 3.05) is 6.54 Å². The van der Waals surface area contributed by atoms with Crippen molar-refractivity contribution >= 4 is 5.91 Å². The maximum Gasteiger partial charge on any atom is 0.223 e. The number of hydrogen-bond donors (Lipinski definition) is 0. The molecule has 1 unspecified atom stereocenters. The second kappa shape index (κ2) is 3.25. The highest BCUT2D eigenvalue weighted by atomic mass is 16.2. The molecule has 0 aromatic rings. The van der Waals surface area contributed by atoms with E-state index >= 15 is 0 Å². The highest BCUT2D eigenvalue weighted by Gasteiger charge is 2.51. The number of carbonyl (C=O) groups excluding carboxylic acids is 1. The van der Waals surface area contributed by atoms with Crippen molar-refractivity contribution in [2.24, 2.45) is 11.3 Å². The molecule has 2 heteroatoms. The summed E-state index contributed by atoms with van der Waals surface area (Å²) < 4.78 is 0. The summed E-state index contributed by atoms with van der Waals surface area (Å²) in [7, 11) is 0. The quantitative estimate of drug-likeness (QED) is 0.662. The van der Waals surface area contributed by atoms with Crippen LogP contribution in [0.25, 0.3) is 0 Å². The maximum atomic E-state index is 11.9. The summed E-state index contributed by atoms with van der Waals surface area (Å²) in [6, 6.07) is 0.490. The van der Waals surface area contributed by atoms with Crippen molar-refractivity contribution in [3.8, 4) is 0 Å². The van der Waals surface area contributed by atoms with E-state index in [1.165, 1.54) is 19.3 Å². The van der Waals surface area contributed by atoms with Crippen molar-refractivity contribution in [3.63, 3.8) is 0 Å². The molecule has 1 saturated heterocycles. The molecule has 2 fully saturated rings. The van der Waals surface area contributed by atoms with Gasteiger partial charge in [-0.05, 0) is 37.5 Å². The third-order valence-corrected chi connectivity index (χ3v) is 3.63. The lowest BCUT2D eigenvalue weighted by Crippen LogP contribution is -2.34. The van der Waals surface area contributed by atoms with Gasteiger partial charge in [-0.2, -0.15) is 0 Å². The normalized spacial score (nSPS) is 28.9.